The first-order valence-corrected chi connectivity index (χ1v) is 8.21. The van der Waals surface area contributed by atoms with Gasteiger partial charge in [0.05, 0.1) is 0 Å². The SMILES string of the molecule is O=C(O)CCC(Cc1ccccc1)NC(=O)C1CCCCC1. The van der Waals surface area contributed by atoms with Crippen molar-refractivity contribution in [3.63, 3.8) is 0 Å². The predicted octanol–water partition coefficient (Wildman–Crippen LogP) is 3.16. The summed E-state index contributed by atoms with van der Waals surface area (Å²) in [6.07, 6.45) is 6.63. The van der Waals surface area contributed by atoms with Crippen molar-refractivity contribution in [3.05, 3.63) is 35.9 Å². The summed E-state index contributed by atoms with van der Waals surface area (Å²) in [5.74, 6) is -0.604. The average Bonchev–Trinajstić information content (AvgIpc) is 2.54. The van der Waals surface area contributed by atoms with Gasteiger partial charge < -0.3 is 10.4 Å². The van der Waals surface area contributed by atoms with Gasteiger partial charge in [-0.3, -0.25) is 9.59 Å². The maximum absolute atomic E-state index is 12.4. The number of carboxylic acids is 1. The lowest BCUT2D eigenvalue weighted by molar-refractivity contribution is -0.137. The Labute approximate surface area is 131 Å². The summed E-state index contributed by atoms with van der Waals surface area (Å²) < 4.78 is 0. The molecule has 0 aromatic heterocycles. The van der Waals surface area contributed by atoms with E-state index in [2.05, 4.69) is 5.32 Å². The molecule has 0 radical (unpaired) electrons. The maximum Gasteiger partial charge on any atom is 0.303 e. The smallest absolute Gasteiger partial charge is 0.303 e. The van der Waals surface area contributed by atoms with Crippen LogP contribution in [-0.2, 0) is 16.0 Å². The summed E-state index contributed by atoms with van der Waals surface area (Å²) in [6.45, 7) is 0. The van der Waals surface area contributed by atoms with Crippen LogP contribution in [0.4, 0.5) is 0 Å². The molecule has 0 saturated heterocycles. The van der Waals surface area contributed by atoms with Gasteiger partial charge in [0, 0.05) is 18.4 Å². The fourth-order valence-corrected chi connectivity index (χ4v) is 3.11. The minimum atomic E-state index is -0.815. The van der Waals surface area contributed by atoms with Crippen molar-refractivity contribution in [2.24, 2.45) is 5.92 Å². The Kier molecular flexibility index (Phi) is 6.44. The number of nitrogens with one attached hydrogen (secondary N) is 1. The van der Waals surface area contributed by atoms with E-state index in [0.29, 0.717) is 12.8 Å². The molecule has 2 rings (SSSR count). The van der Waals surface area contributed by atoms with Crippen molar-refractivity contribution in [1.82, 2.24) is 5.32 Å². The second-order valence-corrected chi connectivity index (χ2v) is 6.16. The molecule has 1 aliphatic carbocycles. The van der Waals surface area contributed by atoms with Crippen LogP contribution in [0.1, 0.15) is 50.5 Å². The van der Waals surface area contributed by atoms with E-state index in [0.717, 1.165) is 31.2 Å². The highest BCUT2D eigenvalue weighted by Crippen LogP contribution is 2.24. The molecule has 1 saturated carbocycles. The van der Waals surface area contributed by atoms with Crippen molar-refractivity contribution < 1.29 is 14.7 Å². The first kappa shape index (κ1) is 16.5. The fourth-order valence-electron chi connectivity index (χ4n) is 3.11. The van der Waals surface area contributed by atoms with Crippen molar-refractivity contribution >= 4 is 11.9 Å². The molecule has 0 heterocycles. The van der Waals surface area contributed by atoms with Gasteiger partial charge in [0.1, 0.15) is 0 Å². The molecule has 4 nitrogen and oxygen atoms in total. The molecule has 1 aliphatic rings. The lowest BCUT2D eigenvalue weighted by Gasteiger charge is -2.25. The molecule has 1 aromatic rings. The van der Waals surface area contributed by atoms with E-state index in [1.165, 1.54) is 6.42 Å². The molecule has 22 heavy (non-hydrogen) atoms. The molecule has 2 N–H and O–H groups in total. The van der Waals surface area contributed by atoms with Crippen LogP contribution < -0.4 is 5.32 Å². The molecule has 0 spiro atoms. The topological polar surface area (TPSA) is 66.4 Å². The monoisotopic (exact) mass is 303 g/mol. The van der Waals surface area contributed by atoms with Crippen LogP contribution in [0.3, 0.4) is 0 Å². The zero-order valence-electron chi connectivity index (χ0n) is 13.0. The number of carbonyl (C=O) groups is 2. The molecule has 0 bridgehead atoms. The molecule has 4 heteroatoms. The number of hydrogen-bond donors (Lipinski definition) is 2. The highest BCUT2D eigenvalue weighted by molar-refractivity contribution is 5.79. The number of carboxylic acid groups (broad SMARTS) is 1. The summed E-state index contributed by atoms with van der Waals surface area (Å²) in [7, 11) is 0. The zero-order valence-corrected chi connectivity index (χ0v) is 13.0. The van der Waals surface area contributed by atoms with Gasteiger partial charge in [0.15, 0.2) is 0 Å². The second kappa shape index (κ2) is 8.57. The molecule has 1 fully saturated rings. The first-order chi connectivity index (χ1) is 10.6. The van der Waals surface area contributed by atoms with Crippen LogP contribution in [0.15, 0.2) is 30.3 Å². The number of aliphatic carboxylic acids is 1. The van der Waals surface area contributed by atoms with Crippen LogP contribution in [0.25, 0.3) is 0 Å². The lowest BCUT2D eigenvalue weighted by Crippen LogP contribution is -2.41. The molecule has 1 atom stereocenters. The molecule has 120 valence electrons. The van der Waals surface area contributed by atoms with E-state index < -0.39 is 5.97 Å². The number of rotatable bonds is 7. The van der Waals surface area contributed by atoms with E-state index in [1.807, 2.05) is 30.3 Å². The third-order valence-corrected chi connectivity index (χ3v) is 4.35. The summed E-state index contributed by atoms with van der Waals surface area (Å²) in [6, 6.07) is 9.81. The quantitative estimate of drug-likeness (QED) is 0.813. The third-order valence-electron chi connectivity index (χ3n) is 4.35. The Morgan fingerprint density at radius 3 is 2.45 bits per heavy atom. The van der Waals surface area contributed by atoms with Gasteiger partial charge in [0.2, 0.25) is 5.91 Å². The maximum atomic E-state index is 12.4. The zero-order chi connectivity index (χ0) is 15.8. The number of hydrogen-bond acceptors (Lipinski definition) is 2. The fraction of sp³-hybridized carbons (Fsp3) is 0.556. The van der Waals surface area contributed by atoms with Crippen LogP contribution in [0, 0.1) is 5.92 Å². The minimum Gasteiger partial charge on any atom is -0.481 e. The molecule has 0 aliphatic heterocycles. The van der Waals surface area contributed by atoms with Crippen molar-refractivity contribution in [2.45, 2.75) is 57.4 Å². The average molecular weight is 303 g/mol. The van der Waals surface area contributed by atoms with Crippen LogP contribution in [0.5, 0.6) is 0 Å². The molecular formula is C18H25NO3. The van der Waals surface area contributed by atoms with E-state index >= 15 is 0 Å². The van der Waals surface area contributed by atoms with Gasteiger partial charge in [-0.15, -0.1) is 0 Å². The summed E-state index contributed by atoms with van der Waals surface area (Å²) in [4.78, 5) is 23.2. The summed E-state index contributed by atoms with van der Waals surface area (Å²) in [5, 5.41) is 12.0. The first-order valence-electron chi connectivity index (χ1n) is 8.21. The van der Waals surface area contributed by atoms with E-state index in [-0.39, 0.29) is 24.3 Å². The van der Waals surface area contributed by atoms with Gasteiger partial charge >= 0.3 is 5.97 Å². The lowest BCUT2D eigenvalue weighted by atomic mass is 9.88. The Bertz CT molecular complexity index is 480. The van der Waals surface area contributed by atoms with E-state index in [1.54, 1.807) is 0 Å². The molecule has 1 unspecified atom stereocenters. The van der Waals surface area contributed by atoms with Gasteiger partial charge in [-0.1, -0.05) is 49.6 Å². The minimum absolute atomic E-state index is 0.0858. The number of amides is 1. The highest BCUT2D eigenvalue weighted by Gasteiger charge is 2.23. The van der Waals surface area contributed by atoms with Gasteiger partial charge in [-0.25, -0.2) is 0 Å². The predicted molar refractivity (Wildman–Crippen MR) is 85.5 cm³/mol. The van der Waals surface area contributed by atoms with Crippen LogP contribution in [-0.4, -0.2) is 23.0 Å². The van der Waals surface area contributed by atoms with Gasteiger partial charge in [0.25, 0.3) is 0 Å². The van der Waals surface area contributed by atoms with Crippen molar-refractivity contribution in [1.29, 1.82) is 0 Å². The summed E-state index contributed by atoms with van der Waals surface area (Å²) in [5.41, 5.74) is 1.13. The highest BCUT2D eigenvalue weighted by atomic mass is 16.4. The molecule has 1 amide bonds. The molecule has 1 aromatic carbocycles. The summed E-state index contributed by atoms with van der Waals surface area (Å²) >= 11 is 0. The number of benzene rings is 1. The Morgan fingerprint density at radius 2 is 1.82 bits per heavy atom. The van der Waals surface area contributed by atoms with Crippen LogP contribution in [0.2, 0.25) is 0 Å². The van der Waals surface area contributed by atoms with Gasteiger partial charge in [-0.05, 0) is 31.2 Å². The van der Waals surface area contributed by atoms with E-state index in [4.69, 9.17) is 5.11 Å². The van der Waals surface area contributed by atoms with E-state index in [9.17, 15) is 9.59 Å². The Hall–Kier alpha value is -1.84. The second-order valence-electron chi connectivity index (χ2n) is 6.16. The standard InChI is InChI=1S/C18H25NO3/c20-17(21)12-11-16(13-14-7-3-1-4-8-14)19-18(22)15-9-5-2-6-10-15/h1,3-4,7-8,15-16H,2,5-6,9-13H2,(H,19,22)(H,20,21). The van der Waals surface area contributed by atoms with Crippen LogP contribution >= 0.6 is 0 Å². The van der Waals surface area contributed by atoms with Gasteiger partial charge in [-0.2, -0.15) is 0 Å². The number of carbonyl (C=O) groups excluding carboxylic acids is 1. The molecular weight excluding hydrogens is 278 g/mol. The van der Waals surface area contributed by atoms with Crippen molar-refractivity contribution in [3.8, 4) is 0 Å². The Morgan fingerprint density at radius 1 is 1.14 bits per heavy atom. The Balaban J connectivity index is 1.93. The third kappa shape index (κ3) is 5.51. The normalized spacial score (nSPS) is 16.9. The largest absolute Gasteiger partial charge is 0.481 e. The van der Waals surface area contributed by atoms with Crippen molar-refractivity contribution in [2.75, 3.05) is 0 Å².